The molecule has 1 aromatic heterocycles. The highest BCUT2D eigenvalue weighted by Gasteiger charge is 2.17. The largest absolute Gasteiger partial charge is 0.454 e. The molecular formula is C25H21FN4O3S. The van der Waals surface area contributed by atoms with Gasteiger partial charge in [0.15, 0.2) is 22.5 Å². The van der Waals surface area contributed by atoms with E-state index in [1.165, 1.54) is 23.9 Å². The minimum atomic E-state index is -0.309. The Morgan fingerprint density at radius 1 is 1.00 bits per heavy atom. The molecule has 1 aliphatic rings. The van der Waals surface area contributed by atoms with Crippen molar-refractivity contribution in [3.8, 4) is 28.6 Å². The minimum absolute atomic E-state index is 0.0605. The molecule has 9 heteroatoms. The number of para-hydroxylation sites is 1. The Hall–Kier alpha value is -3.85. The molecule has 0 saturated carbocycles. The lowest BCUT2D eigenvalue weighted by Crippen LogP contribution is -2.23. The number of hydrogen-bond acceptors (Lipinski definition) is 6. The Bertz CT molecular complexity index is 1300. The maximum absolute atomic E-state index is 13.4. The van der Waals surface area contributed by atoms with Crippen LogP contribution in [0.25, 0.3) is 17.1 Å². The van der Waals surface area contributed by atoms with Crippen molar-refractivity contribution in [3.05, 3.63) is 84.2 Å². The number of amides is 1. The molecule has 0 aliphatic carbocycles. The van der Waals surface area contributed by atoms with E-state index in [1.54, 1.807) is 12.1 Å². The Morgan fingerprint density at radius 3 is 2.62 bits per heavy atom. The zero-order valence-electron chi connectivity index (χ0n) is 18.1. The SMILES string of the molecule is O=C(CCSc1nnc(-c2ccc(F)cc2)n1-c1ccccc1)NCc1ccc2c(c1)OCO2. The van der Waals surface area contributed by atoms with Crippen molar-refractivity contribution in [1.82, 2.24) is 20.1 Å². The molecule has 0 saturated heterocycles. The van der Waals surface area contributed by atoms with Crippen LogP contribution in [0.15, 0.2) is 78.0 Å². The van der Waals surface area contributed by atoms with E-state index in [9.17, 15) is 9.18 Å². The highest BCUT2D eigenvalue weighted by molar-refractivity contribution is 7.99. The van der Waals surface area contributed by atoms with Crippen LogP contribution in [0.2, 0.25) is 0 Å². The molecule has 5 rings (SSSR count). The van der Waals surface area contributed by atoms with Crippen LogP contribution in [0.5, 0.6) is 11.5 Å². The van der Waals surface area contributed by atoms with Gasteiger partial charge >= 0.3 is 0 Å². The van der Waals surface area contributed by atoms with Gasteiger partial charge in [-0.2, -0.15) is 0 Å². The van der Waals surface area contributed by atoms with Crippen molar-refractivity contribution in [1.29, 1.82) is 0 Å². The number of benzene rings is 3. The number of carbonyl (C=O) groups excluding carboxylic acids is 1. The first-order valence-electron chi connectivity index (χ1n) is 10.7. The average molecular weight is 477 g/mol. The van der Waals surface area contributed by atoms with Gasteiger partial charge in [-0.3, -0.25) is 9.36 Å². The van der Waals surface area contributed by atoms with E-state index in [2.05, 4.69) is 15.5 Å². The van der Waals surface area contributed by atoms with Gasteiger partial charge in [-0.15, -0.1) is 10.2 Å². The molecule has 7 nitrogen and oxygen atoms in total. The van der Waals surface area contributed by atoms with Crippen molar-refractivity contribution in [2.45, 2.75) is 18.1 Å². The van der Waals surface area contributed by atoms with E-state index in [0.717, 1.165) is 16.8 Å². The lowest BCUT2D eigenvalue weighted by Gasteiger charge is -2.10. The molecule has 3 aromatic carbocycles. The summed E-state index contributed by atoms with van der Waals surface area (Å²) in [7, 11) is 0. The number of rotatable bonds is 8. The molecule has 0 unspecified atom stereocenters. The number of ether oxygens (including phenoxy) is 2. The number of thioether (sulfide) groups is 1. The van der Waals surface area contributed by atoms with Gasteiger partial charge in [0.2, 0.25) is 12.7 Å². The maximum atomic E-state index is 13.4. The summed E-state index contributed by atoms with van der Waals surface area (Å²) in [5.41, 5.74) is 2.59. The summed E-state index contributed by atoms with van der Waals surface area (Å²) in [5.74, 6) is 2.18. The van der Waals surface area contributed by atoms with Crippen LogP contribution < -0.4 is 14.8 Å². The number of carbonyl (C=O) groups is 1. The second-order valence-corrected chi connectivity index (χ2v) is 8.61. The predicted octanol–water partition coefficient (Wildman–Crippen LogP) is 4.60. The lowest BCUT2D eigenvalue weighted by atomic mass is 10.2. The molecule has 0 bridgehead atoms. The van der Waals surface area contributed by atoms with E-state index in [0.29, 0.717) is 41.2 Å². The van der Waals surface area contributed by atoms with Gasteiger partial charge in [-0.25, -0.2) is 4.39 Å². The van der Waals surface area contributed by atoms with Crippen molar-refractivity contribution < 1.29 is 18.7 Å². The van der Waals surface area contributed by atoms with Crippen LogP contribution in [-0.4, -0.2) is 33.2 Å². The smallest absolute Gasteiger partial charge is 0.231 e. The average Bonchev–Trinajstić information content (AvgIpc) is 3.50. The molecule has 0 spiro atoms. The third-order valence-electron chi connectivity index (χ3n) is 5.24. The van der Waals surface area contributed by atoms with Crippen molar-refractivity contribution >= 4 is 17.7 Å². The highest BCUT2D eigenvalue weighted by Crippen LogP contribution is 2.32. The van der Waals surface area contributed by atoms with E-state index < -0.39 is 0 Å². The standard InChI is InChI=1S/C25H21FN4O3S/c26-19-9-7-18(8-10-19)24-28-29-25(30(24)20-4-2-1-3-5-20)34-13-12-23(31)27-15-17-6-11-21-22(14-17)33-16-32-21/h1-11,14H,12-13,15-16H2,(H,27,31). The van der Waals surface area contributed by atoms with Crippen molar-refractivity contribution in [2.24, 2.45) is 0 Å². The number of nitrogens with zero attached hydrogens (tertiary/aromatic N) is 3. The summed E-state index contributed by atoms with van der Waals surface area (Å²) in [6, 6.07) is 21.5. The van der Waals surface area contributed by atoms with Crippen LogP contribution in [-0.2, 0) is 11.3 Å². The Kier molecular flexibility index (Phi) is 6.44. The van der Waals surface area contributed by atoms with Crippen LogP contribution >= 0.6 is 11.8 Å². The third-order valence-corrected chi connectivity index (χ3v) is 6.17. The number of aromatic nitrogens is 3. The molecule has 172 valence electrons. The highest BCUT2D eigenvalue weighted by atomic mass is 32.2. The lowest BCUT2D eigenvalue weighted by molar-refractivity contribution is -0.120. The molecule has 0 fully saturated rings. The van der Waals surface area contributed by atoms with Crippen LogP contribution in [0.3, 0.4) is 0 Å². The minimum Gasteiger partial charge on any atom is -0.454 e. The fraction of sp³-hybridized carbons (Fsp3) is 0.160. The second-order valence-electron chi connectivity index (χ2n) is 7.55. The van der Waals surface area contributed by atoms with E-state index in [-0.39, 0.29) is 18.5 Å². The number of halogens is 1. The van der Waals surface area contributed by atoms with E-state index in [1.807, 2.05) is 53.1 Å². The summed E-state index contributed by atoms with van der Waals surface area (Å²) < 4.78 is 26.0. The zero-order valence-corrected chi connectivity index (χ0v) is 18.9. The molecule has 34 heavy (non-hydrogen) atoms. The van der Waals surface area contributed by atoms with Crippen LogP contribution in [0.4, 0.5) is 4.39 Å². The van der Waals surface area contributed by atoms with Gasteiger partial charge in [-0.1, -0.05) is 36.0 Å². The quantitative estimate of drug-likeness (QED) is 0.375. The second kappa shape index (κ2) is 9.96. The first kappa shape index (κ1) is 22.0. The fourth-order valence-electron chi connectivity index (χ4n) is 3.53. The molecule has 4 aromatic rings. The fourth-order valence-corrected chi connectivity index (χ4v) is 4.42. The van der Waals surface area contributed by atoms with Crippen LogP contribution in [0.1, 0.15) is 12.0 Å². The number of hydrogen-bond donors (Lipinski definition) is 1. The molecule has 0 radical (unpaired) electrons. The molecule has 1 N–H and O–H groups in total. The van der Waals surface area contributed by atoms with Gasteiger partial charge < -0.3 is 14.8 Å². The van der Waals surface area contributed by atoms with Gasteiger partial charge in [0, 0.05) is 30.0 Å². The number of nitrogens with one attached hydrogen (secondary N) is 1. The molecule has 1 amide bonds. The zero-order chi connectivity index (χ0) is 23.3. The van der Waals surface area contributed by atoms with E-state index >= 15 is 0 Å². The topological polar surface area (TPSA) is 78.3 Å². The van der Waals surface area contributed by atoms with Gasteiger partial charge in [0.05, 0.1) is 0 Å². The normalized spacial score (nSPS) is 12.0. The van der Waals surface area contributed by atoms with Crippen LogP contribution in [0, 0.1) is 5.82 Å². The van der Waals surface area contributed by atoms with Crippen molar-refractivity contribution in [3.63, 3.8) is 0 Å². The van der Waals surface area contributed by atoms with Gasteiger partial charge in [-0.05, 0) is 54.1 Å². The van der Waals surface area contributed by atoms with Gasteiger partial charge in [0.25, 0.3) is 0 Å². The predicted molar refractivity (Wildman–Crippen MR) is 127 cm³/mol. The Morgan fingerprint density at radius 2 is 1.79 bits per heavy atom. The van der Waals surface area contributed by atoms with Gasteiger partial charge in [0.1, 0.15) is 5.82 Å². The molecule has 0 atom stereocenters. The summed E-state index contributed by atoms with van der Waals surface area (Å²) in [6.07, 6.45) is 0.322. The summed E-state index contributed by atoms with van der Waals surface area (Å²) >= 11 is 1.44. The Labute approximate surface area is 199 Å². The Balaban J connectivity index is 1.23. The molecular weight excluding hydrogens is 455 g/mol. The third kappa shape index (κ3) is 4.89. The summed E-state index contributed by atoms with van der Waals surface area (Å²) in [4.78, 5) is 12.4. The number of fused-ring (bicyclic) bond motifs is 1. The monoisotopic (exact) mass is 476 g/mol. The van der Waals surface area contributed by atoms with E-state index in [4.69, 9.17) is 9.47 Å². The molecule has 1 aliphatic heterocycles. The van der Waals surface area contributed by atoms with Crippen molar-refractivity contribution in [2.75, 3.05) is 12.5 Å². The first-order valence-corrected chi connectivity index (χ1v) is 11.7. The summed E-state index contributed by atoms with van der Waals surface area (Å²) in [6.45, 7) is 0.633. The molecule has 2 heterocycles. The summed E-state index contributed by atoms with van der Waals surface area (Å²) in [5, 5.41) is 12.3. The maximum Gasteiger partial charge on any atom is 0.231 e. The first-order chi connectivity index (χ1) is 16.7.